The van der Waals surface area contributed by atoms with E-state index in [0.717, 1.165) is 6.07 Å². The van der Waals surface area contributed by atoms with Crippen LogP contribution in [0.5, 0.6) is 11.5 Å². The van der Waals surface area contributed by atoms with Gasteiger partial charge in [0, 0.05) is 11.8 Å². The van der Waals surface area contributed by atoms with E-state index in [4.69, 9.17) is 14.6 Å². The van der Waals surface area contributed by atoms with E-state index in [0.29, 0.717) is 17.2 Å². The molecule has 1 aliphatic rings. The second kappa shape index (κ2) is 4.73. The number of carboxylic acids is 1. The second-order valence-corrected chi connectivity index (χ2v) is 4.16. The minimum absolute atomic E-state index is 0.152. The fraction of sp³-hybridized carbons (Fsp3) is 0.0714. The highest BCUT2D eigenvalue weighted by Crippen LogP contribution is 2.35. The number of nitrogens with one attached hydrogen (secondary N) is 1. The summed E-state index contributed by atoms with van der Waals surface area (Å²) in [5.74, 6) is -0.939. The first-order valence-electron chi connectivity index (χ1n) is 5.83. The van der Waals surface area contributed by atoms with Crippen LogP contribution in [0, 0.1) is 5.82 Å². The van der Waals surface area contributed by atoms with Crippen LogP contribution in [-0.2, 0) is 0 Å². The number of halogens is 1. The van der Waals surface area contributed by atoms with E-state index >= 15 is 0 Å². The lowest BCUT2D eigenvalue weighted by Gasteiger charge is -2.10. The highest BCUT2D eigenvalue weighted by atomic mass is 19.1. The Morgan fingerprint density at radius 1 is 1.20 bits per heavy atom. The fourth-order valence-electron chi connectivity index (χ4n) is 1.98. The van der Waals surface area contributed by atoms with Gasteiger partial charge in [-0.15, -0.1) is 0 Å². The van der Waals surface area contributed by atoms with Crippen LogP contribution in [-0.4, -0.2) is 17.9 Å². The van der Waals surface area contributed by atoms with Crippen molar-refractivity contribution >= 4 is 17.3 Å². The zero-order valence-electron chi connectivity index (χ0n) is 10.2. The Morgan fingerprint density at radius 3 is 2.80 bits per heavy atom. The van der Waals surface area contributed by atoms with Crippen LogP contribution < -0.4 is 14.8 Å². The Labute approximate surface area is 113 Å². The molecule has 0 saturated carbocycles. The van der Waals surface area contributed by atoms with Gasteiger partial charge in [-0.2, -0.15) is 0 Å². The van der Waals surface area contributed by atoms with Gasteiger partial charge in [-0.25, -0.2) is 9.18 Å². The fourth-order valence-corrected chi connectivity index (χ4v) is 1.98. The molecule has 2 aromatic carbocycles. The van der Waals surface area contributed by atoms with Crippen molar-refractivity contribution in [3.8, 4) is 11.5 Å². The van der Waals surface area contributed by atoms with Crippen molar-refractivity contribution in [3.63, 3.8) is 0 Å². The first-order valence-corrected chi connectivity index (χ1v) is 5.83. The van der Waals surface area contributed by atoms with Crippen LogP contribution in [0.3, 0.4) is 0 Å². The zero-order valence-corrected chi connectivity index (χ0v) is 10.2. The molecule has 1 aliphatic heterocycles. The van der Waals surface area contributed by atoms with Crippen LogP contribution in [0.2, 0.25) is 0 Å². The Bertz CT molecular complexity index is 687. The topological polar surface area (TPSA) is 67.8 Å². The molecule has 2 aromatic rings. The molecule has 0 aliphatic carbocycles. The summed E-state index contributed by atoms with van der Waals surface area (Å²) in [5.41, 5.74) is 0.365. The van der Waals surface area contributed by atoms with Crippen LogP contribution in [0.1, 0.15) is 10.4 Å². The van der Waals surface area contributed by atoms with E-state index in [2.05, 4.69) is 5.32 Å². The second-order valence-electron chi connectivity index (χ2n) is 4.16. The molecule has 0 fully saturated rings. The molecule has 20 heavy (non-hydrogen) atoms. The number of ether oxygens (including phenoxy) is 2. The molecular formula is C14H10FNO4. The summed E-state index contributed by atoms with van der Waals surface area (Å²) < 4.78 is 24.0. The van der Waals surface area contributed by atoms with Gasteiger partial charge in [-0.1, -0.05) is 6.07 Å². The molecule has 6 heteroatoms. The third-order valence-electron chi connectivity index (χ3n) is 2.88. The molecule has 0 amide bonds. The van der Waals surface area contributed by atoms with Gasteiger partial charge < -0.3 is 19.9 Å². The molecule has 0 saturated heterocycles. The lowest BCUT2D eigenvalue weighted by Crippen LogP contribution is -2.05. The van der Waals surface area contributed by atoms with E-state index in [1.54, 1.807) is 18.2 Å². The summed E-state index contributed by atoms with van der Waals surface area (Å²) in [5, 5.41) is 11.9. The van der Waals surface area contributed by atoms with Crippen molar-refractivity contribution in [2.75, 3.05) is 12.1 Å². The van der Waals surface area contributed by atoms with Crippen LogP contribution in [0.15, 0.2) is 36.4 Å². The Kier molecular flexibility index (Phi) is 2.90. The maximum absolute atomic E-state index is 13.6. The molecular weight excluding hydrogens is 265 g/mol. The molecule has 0 aromatic heterocycles. The summed E-state index contributed by atoms with van der Waals surface area (Å²) in [6.45, 7) is 0.152. The van der Waals surface area contributed by atoms with Crippen molar-refractivity contribution in [2.45, 2.75) is 0 Å². The van der Waals surface area contributed by atoms with Gasteiger partial charge in [0.2, 0.25) is 6.79 Å². The number of rotatable bonds is 3. The largest absolute Gasteiger partial charge is 0.478 e. The molecule has 5 nitrogen and oxygen atoms in total. The van der Waals surface area contributed by atoms with E-state index in [1.807, 2.05) is 0 Å². The number of carbonyl (C=O) groups is 1. The van der Waals surface area contributed by atoms with Crippen LogP contribution in [0.25, 0.3) is 0 Å². The molecule has 0 atom stereocenters. The van der Waals surface area contributed by atoms with Gasteiger partial charge in [-0.05, 0) is 24.3 Å². The molecule has 3 rings (SSSR count). The maximum Gasteiger partial charge on any atom is 0.340 e. The number of benzene rings is 2. The van der Waals surface area contributed by atoms with E-state index in [-0.39, 0.29) is 12.5 Å². The number of anilines is 2. The van der Waals surface area contributed by atoms with Crippen LogP contribution in [0.4, 0.5) is 15.8 Å². The third kappa shape index (κ3) is 2.11. The molecule has 102 valence electrons. The van der Waals surface area contributed by atoms with Crippen molar-refractivity contribution in [1.82, 2.24) is 0 Å². The number of hydrogen-bond acceptors (Lipinski definition) is 4. The standard InChI is InChI=1S/C14H10FNO4/c15-9-2-1-3-10(13(9)14(17)18)16-8-4-5-11-12(6-8)20-7-19-11/h1-6,16H,7H2,(H,17,18). The predicted octanol–water partition coefficient (Wildman–Crippen LogP) is 3.00. The summed E-state index contributed by atoms with van der Waals surface area (Å²) in [4.78, 5) is 11.1. The van der Waals surface area contributed by atoms with Gasteiger partial charge in [0.25, 0.3) is 0 Å². The Balaban J connectivity index is 1.95. The van der Waals surface area contributed by atoms with Crippen molar-refractivity contribution in [2.24, 2.45) is 0 Å². The average Bonchev–Trinajstić information content (AvgIpc) is 2.85. The van der Waals surface area contributed by atoms with E-state index < -0.39 is 17.3 Å². The zero-order chi connectivity index (χ0) is 14.1. The predicted molar refractivity (Wildman–Crippen MR) is 69.2 cm³/mol. The van der Waals surface area contributed by atoms with Gasteiger partial charge in [0.05, 0.1) is 5.69 Å². The maximum atomic E-state index is 13.6. The SMILES string of the molecule is O=C(O)c1c(F)cccc1Nc1ccc2c(c1)OCO2. The number of hydrogen-bond donors (Lipinski definition) is 2. The van der Waals surface area contributed by atoms with E-state index in [9.17, 15) is 9.18 Å². The average molecular weight is 275 g/mol. The summed E-state index contributed by atoms with van der Waals surface area (Å²) in [6.07, 6.45) is 0. The molecule has 0 unspecified atom stereocenters. The molecule has 1 heterocycles. The quantitative estimate of drug-likeness (QED) is 0.901. The minimum atomic E-state index is -1.33. The first-order chi connectivity index (χ1) is 9.65. The van der Waals surface area contributed by atoms with Gasteiger partial charge in [0.15, 0.2) is 11.5 Å². The van der Waals surface area contributed by atoms with E-state index in [1.165, 1.54) is 12.1 Å². The highest BCUT2D eigenvalue weighted by molar-refractivity contribution is 5.95. The lowest BCUT2D eigenvalue weighted by molar-refractivity contribution is 0.0693. The van der Waals surface area contributed by atoms with Gasteiger partial charge >= 0.3 is 5.97 Å². The van der Waals surface area contributed by atoms with Crippen molar-refractivity contribution < 1.29 is 23.8 Å². The number of aromatic carboxylic acids is 1. The van der Waals surface area contributed by atoms with Gasteiger partial charge in [0.1, 0.15) is 11.4 Å². The lowest BCUT2D eigenvalue weighted by atomic mass is 10.1. The smallest absolute Gasteiger partial charge is 0.340 e. The molecule has 0 bridgehead atoms. The van der Waals surface area contributed by atoms with Crippen molar-refractivity contribution in [3.05, 3.63) is 47.8 Å². The number of carboxylic acid groups (broad SMARTS) is 1. The normalized spacial score (nSPS) is 12.2. The molecule has 0 radical (unpaired) electrons. The molecule has 2 N–H and O–H groups in total. The highest BCUT2D eigenvalue weighted by Gasteiger charge is 2.17. The van der Waals surface area contributed by atoms with Crippen LogP contribution >= 0.6 is 0 Å². The molecule has 0 spiro atoms. The van der Waals surface area contributed by atoms with Gasteiger partial charge in [-0.3, -0.25) is 0 Å². The summed E-state index contributed by atoms with van der Waals surface area (Å²) in [6, 6.07) is 9.11. The third-order valence-corrected chi connectivity index (χ3v) is 2.88. The Morgan fingerprint density at radius 2 is 2.00 bits per heavy atom. The minimum Gasteiger partial charge on any atom is -0.478 e. The first kappa shape index (κ1) is 12.3. The summed E-state index contributed by atoms with van der Waals surface area (Å²) >= 11 is 0. The Hall–Kier alpha value is -2.76. The monoisotopic (exact) mass is 275 g/mol. The van der Waals surface area contributed by atoms with Crippen molar-refractivity contribution in [1.29, 1.82) is 0 Å². The summed E-state index contributed by atoms with van der Waals surface area (Å²) in [7, 11) is 0. The number of fused-ring (bicyclic) bond motifs is 1.